The van der Waals surface area contributed by atoms with Crippen LogP contribution in [0.1, 0.15) is 28.4 Å². The van der Waals surface area contributed by atoms with Gasteiger partial charge in [0, 0.05) is 17.8 Å². The van der Waals surface area contributed by atoms with E-state index in [1.165, 1.54) is 0 Å². The summed E-state index contributed by atoms with van der Waals surface area (Å²) in [5.74, 6) is -0.0134. The molecular weight excluding hydrogens is 348 g/mol. The van der Waals surface area contributed by atoms with Crippen LogP contribution >= 0.6 is 11.6 Å². The van der Waals surface area contributed by atoms with Gasteiger partial charge in [0.15, 0.2) is 0 Å². The number of amides is 1. The van der Waals surface area contributed by atoms with E-state index in [2.05, 4.69) is 11.1 Å². The highest BCUT2D eigenvalue weighted by Gasteiger charge is 2.34. The zero-order valence-corrected chi connectivity index (χ0v) is 14.6. The van der Waals surface area contributed by atoms with Gasteiger partial charge in [-0.05, 0) is 35.4 Å². The molecule has 0 spiro atoms. The Balaban J connectivity index is 1.71. The average molecular weight is 363 g/mol. The second kappa shape index (κ2) is 6.66. The quantitative estimate of drug-likeness (QED) is 0.716. The zero-order valence-electron chi connectivity index (χ0n) is 13.8. The van der Waals surface area contributed by atoms with Gasteiger partial charge in [-0.3, -0.25) is 4.79 Å². The zero-order chi connectivity index (χ0) is 18.1. The summed E-state index contributed by atoms with van der Waals surface area (Å²) >= 11 is 5.95. The van der Waals surface area contributed by atoms with Crippen LogP contribution in [0.3, 0.4) is 0 Å². The van der Waals surface area contributed by atoms with Gasteiger partial charge in [0.2, 0.25) is 0 Å². The van der Waals surface area contributed by atoms with Crippen LogP contribution in [0.5, 0.6) is 0 Å². The monoisotopic (exact) mass is 362 g/mol. The van der Waals surface area contributed by atoms with Gasteiger partial charge in [-0.25, -0.2) is 4.98 Å². The van der Waals surface area contributed by atoms with Crippen molar-refractivity contribution < 1.29 is 4.79 Å². The van der Waals surface area contributed by atoms with Crippen molar-refractivity contribution in [2.75, 3.05) is 0 Å². The van der Waals surface area contributed by atoms with Crippen molar-refractivity contribution in [3.63, 3.8) is 0 Å². The van der Waals surface area contributed by atoms with Crippen LogP contribution < -0.4 is 0 Å². The smallest absolute Gasteiger partial charge is 0.250 e. The van der Waals surface area contributed by atoms with Gasteiger partial charge >= 0.3 is 0 Å². The van der Waals surface area contributed by atoms with Gasteiger partial charge in [0.1, 0.15) is 6.04 Å². The number of hydrogen-bond donors (Lipinski definition) is 0. The molecule has 0 aliphatic carbocycles. The number of benzene rings is 2. The van der Waals surface area contributed by atoms with Crippen molar-refractivity contribution >= 4 is 17.5 Å². The summed E-state index contributed by atoms with van der Waals surface area (Å²) in [6.45, 7) is 0.992. The summed E-state index contributed by atoms with van der Waals surface area (Å²) in [5.41, 5.74) is 3.30. The Morgan fingerprint density at radius 3 is 2.81 bits per heavy atom. The minimum atomic E-state index is -0.512. The van der Waals surface area contributed by atoms with Gasteiger partial charge in [-0.15, -0.1) is 0 Å². The van der Waals surface area contributed by atoms with E-state index in [1.807, 2.05) is 39.8 Å². The fourth-order valence-electron chi connectivity index (χ4n) is 3.28. The normalized spacial score (nSPS) is 16.2. The number of hydrogen-bond acceptors (Lipinski definition) is 3. The molecule has 0 saturated carbocycles. The molecular formula is C20H15ClN4O. The second-order valence-corrected chi connectivity index (χ2v) is 6.69. The Morgan fingerprint density at radius 1 is 1.23 bits per heavy atom. The number of nitriles is 1. The maximum atomic E-state index is 13.2. The van der Waals surface area contributed by atoms with Gasteiger partial charge in [-0.2, -0.15) is 5.26 Å². The Bertz CT molecular complexity index is 1000. The van der Waals surface area contributed by atoms with Gasteiger partial charge in [-0.1, -0.05) is 35.9 Å². The Hall–Kier alpha value is -3.10. The second-order valence-electron chi connectivity index (χ2n) is 6.25. The molecule has 6 heteroatoms. The number of halogens is 1. The molecule has 3 aromatic rings. The lowest BCUT2D eigenvalue weighted by Crippen LogP contribution is -2.42. The molecule has 26 heavy (non-hydrogen) atoms. The highest BCUT2D eigenvalue weighted by Crippen LogP contribution is 2.30. The number of rotatable bonds is 3. The molecule has 4 rings (SSSR count). The molecule has 1 aliphatic rings. The standard InChI is InChI=1S/C20H15ClN4O/c21-17-6-4-14(5-7-17)11-24-12-18-10-23-13-25(18)19(20(24)26)16-3-1-2-15(8-16)9-22/h1-8,10,13,19H,11-12H2. The minimum absolute atomic E-state index is 0.0134. The topological polar surface area (TPSA) is 61.9 Å². The van der Waals surface area contributed by atoms with Crippen LogP contribution in [0.15, 0.2) is 61.1 Å². The van der Waals surface area contributed by atoms with E-state index in [0.29, 0.717) is 23.7 Å². The first-order valence-electron chi connectivity index (χ1n) is 8.20. The number of nitrogens with zero attached hydrogens (tertiary/aromatic N) is 4. The molecule has 128 valence electrons. The fourth-order valence-corrected chi connectivity index (χ4v) is 3.40. The third-order valence-corrected chi connectivity index (χ3v) is 4.79. The maximum absolute atomic E-state index is 13.2. The van der Waals surface area contributed by atoms with E-state index >= 15 is 0 Å². The molecule has 2 aromatic carbocycles. The fraction of sp³-hybridized carbons (Fsp3) is 0.150. The van der Waals surface area contributed by atoms with Crippen molar-refractivity contribution in [3.05, 3.63) is 88.5 Å². The lowest BCUT2D eigenvalue weighted by Gasteiger charge is -2.34. The van der Waals surface area contributed by atoms with E-state index < -0.39 is 6.04 Å². The summed E-state index contributed by atoms with van der Waals surface area (Å²) in [6, 6.07) is 16.3. The molecule has 0 N–H and O–H groups in total. The predicted octanol–water partition coefficient (Wildman–Crippen LogP) is 3.54. The number of carbonyl (C=O) groups is 1. The van der Waals surface area contributed by atoms with E-state index in [-0.39, 0.29) is 5.91 Å². The molecule has 1 amide bonds. The molecule has 0 saturated heterocycles. The van der Waals surface area contributed by atoms with Crippen LogP contribution in [0, 0.1) is 11.3 Å². The first-order chi connectivity index (χ1) is 12.7. The molecule has 2 heterocycles. The molecule has 1 atom stereocenters. The van der Waals surface area contributed by atoms with E-state index in [4.69, 9.17) is 11.6 Å². The minimum Gasteiger partial charge on any atom is -0.330 e. The summed E-state index contributed by atoms with van der Waals surface area (Å²) in [4.78, 5) is 19.2. The van der Waals surface area contributed by atoms with Crippen molar-refractivity contribution in [1.29, 1.82) is 5.26 Å². The molecule has 1 aliphatic heterocycles. The van der Waals surface area contributed by atoms with Crippen molar-refractivity contribution in [2.45, 2.75) is 19.1 Å². The number of fused-ring (bicyclic) bond motifs is 1. The average Bonchev–Trinajstić information content (AvgIpc) is 3.12. The van der Waals surface area contributed by atoms with Gasteiger partial charge < -0.3 is 9.47 Å². The molecule has 0 bridgehead atoms. The first kappa shape index (κ1) is 16.4. The van der Waals surface area contributed by atoms with Crippen LogP contribution in [0.25, 0.3) is 0 Å². The van der Waals surface area contributed by atoms with Crippen LogP contribution in [0.2, 0.25) is 5.02 Å². The lowest BCUT2D eigenvalue weighted by molar-refractivity contribution is -0.136. The van der Waals surface area contributed by atoms with Crippen LogP contribution in [-0.2, 0) is 17.9 Å². The third kappa shape index (κ3) is 2.96. The van der Waals surface area contributed by atoms with Crippen molar-refractivity contribution in [1.82, 2.24) is 14.5 Å². The Morgan fingerprint density at radius 2 is 2.04 bits per heavy atom. The molecule has 0 fully saturated rings. The van der Waals surface area contributed by atoms with Gasteiger partial charge in [0.05, 0.1) is 30.2 Å². The molecule has 5 nitrogen and oxygen atoms in total. The van der Waals surface area contributed by atoms with E-state index in [0.717, 1.165) is 16.8 Å². The predicted molar refractivity (Wildman–Crippen MR) is 97.2 cm³/mol. The highest BCUT2D eigenvalue weighted by atomic mass is 35.5. The molecule has 0 radical (unpaired) electrons. The number of carbonyl (C=O) groups excluding carboxylic acids is 1. The highest BCUT2D eigenvalue weighted by molar-refractivity contribution is 6.30. The Kier molecular flexibility index (Phi) is 4.19. The van der Waals surface area contributed by atoms with Crippen molar-refractivity contribution in [3.8, 4) is 6.07 Å². The molecule has 1 aromatic heterocycles. The van der Waals surface area contributed by atoms with Crippen LogP contribution in [-0.4, -0.2) is 20.4 Å². The SMILES string of the molecule is N#Cc1cccc(C2C(=O)N(Cc3ccc(Cl)cc3)Cc3cncn32)c1. The van der Waals surface area contributed by atoms with Crippen LogP contribution in [0.4, 0.5) is 0 Å². The lowest BCUT2D eigenvalue weighted by atomic mass is 10.0. The summed E-state index contributed by atoms with van der Waals surface area (Å²) in [6.07, 6.45) is 3.46. The van der Waals surface area contributed by atoms with Crippen molar-refractivity contribution in [2.24, 2.45) is 0 Å². The third-order valence-electron chi connectivity index (χ3n) is 4.54. The largest absolute Gasteiger partial charge is 0.330 e. The molecule has 1 unspecified atom stereocenters. The Labute approximate surface area is 156 Å². The summed E-state index contributed by atoms with van der Waals surface area (Å²) < 4.78 is 1.89. The summed E-state index contributed by atoms with van der Waals surface area (Å²) in [7, 11) is 0. The number of aromatic nitrogens is 2. The number of imidazole rings is 1. The van der Waals surface area contributed by atoms with E-state index in [9.17, 15) is 10.1 Å². The van der Waals surface area contributed by atoms with E-state index in [1.54, 1.807) is 30.7 Å². The van der Waals surface area contributed by atoms with Gasteiger partial charge in [0.25, 0.3) is 5.91 Å². The maximum Gasteiger partial charge on any atom is 0.250 e. The summed E-state index contributed by atoms with van der Waals surface area (Å²) in [5, 5.41) is 9.84. The first-order valence-corrected chi connectivity index (χ1v) is 8.57.